The highest BCUT2D eigenvalue weighted by Crippen LogP contribution is 2.51. The van der Waals surface area contributed by atoms with Crippen LogP contribution in [0.2, 0.25) is 0 Å². The number of thiophene rings is 1. The van der Waals surface area contributed by atoms with Crippen molar-refractivity contribution in [2.45, 2.75) is 68.9 Å². The third-order valence-corrected chi connectivity index (χ3v) is 11.9. The maximum Gasteiger partial charge on any atom is 0.417 e. The van der Waals surface area contributed by atoms with Gasteiger partial charge in [-0.15, -0.1) is 11.3 Å². The Bertz CT molecular complexity index is 2020. The maximum absolute atomic E-state index is 17.0. The van der Waals surface area contributed by atoms with E-state index in [2.05, 4.69) is 20.1 Å². The molecule has 0 radical (unpaired) electrons. The lowest BCUT2D eigenvalue weighted by Crippen LogP contribution is -2.43. The van der Waals surface area contributed by atoms with Crippen molar-refractivity contribution in [2.24, 2.45) is 5.41 Å². The summed E-state index contributed by atoms with van der Waals surface area (Å²) in [4.78, 5) is 14.1. The van der Waals surface area contributed by atoms with Crippen LogP contribution in [-0.4, -0.2) is 65.5 Å². The molecule has 258 valence electrons. The Morgan fingerprint density at radius 2 is 2.00 bits per heavy atom. The van der Waals surface area contributed by atoms with E-state index in [-0.39, 0.29) is 74.7 Å². The summed E-state index contributed by atoms with van der Waals surface area (Å²) in [5.41, 5.74) is 2.00. The number of rotatable bonds is 6. The summed E-state index contributed by atoms with van der Waals surface area (Å²) in [6.45, 7) is 10.3. The van der Waals surface area contributed by atoms with Crippen molar-refractivity contribution in [1.82, 2.24) is 20.2 Å². The molecule has 3 saturated heterocycles. The Hall–Kier alpha value is -3.87. The van der Waals surface area contributed by atoms with Gasteiger partial charge in [0, 0.05) is 30.5 Å². The lowest BCUT2D eigenvalue weighted by atomic mass is 9.85. The standard InChI is InChI=1S/C34H32F6N6O2S/c1-42-27-24-19(3-4-22(36)28(24)49-29(27)41)23-21(34(38,39)40)11-20-26(25(23)37)44-31(47-16-33-6-2-10-46(33)14-17(35)12-33)45-30(20)48-18-5-7-32(13-18)8-9-43-15-32/h3-4,11,17-18,43H,2,5-10,12-16,41H2. The molecule has 1 spiro atoms. The van der Waals surface area contributed by atoms with Crippen LogP contribution < -0.4 is 20.5 Å². The number of anilines is 1. The topological polar surface area (TPSA) is 89.9 Å². The molecule has 0 bridgehead atoms. The first-order valence-electron chi connectivity index (χ1n) is 16.3. The van der Waals surface area contributed by atoms with E-state index in [9.17, 15) is 22.0 Å². The molecule has 0 amide bonds. The van der Waals surface area contributed by atoms with E-state index in [4.69, 9.17) is 21.8 Å². The van der Waals surface area contributed by atoms with E-state index >= 15 is 4.39 Å². The van der Waals surface area contributed by atoms with Crippen molar-refractivity contribution in [2.75, 3.05) is 38.5 Å². The van der Waals surface area contributed by atoms with E-state index in [1.54, 1.807) is 0 Å². The zero-order valence-electron chi connectivity index (χ0n) is 26.2. The summed E-state index contributed by atoms with van der Waals surface area (Å²) < 4.78 is 103. The monoisotopic (exact) mass is 702 g/mol. The first-order valence-corrected chi connectivity index (χ1v) is 17.1. The van der Waals surface area contributed by atoms with Crippen molar-refractivity contribution in [3.8, 4) is 23.0 Å². The molecule has 15 heteroatoms. The number of nitrogen functional groups attached to an aromatic ring is 1. The van der Waals surface area contributed by atoms with Gasteiger partial charge in [-0.05, 0) is 74.7 Å². The second-order valence-electron chi connectivity index (χ2n) is 13.8. The number of alkyl halides is 4. The fourth-order valence-electron chi connectivity index (χ4n) is 8.56. The van der Waals surface area contributed by atoms with Crippen molar-refractivity contribution >= 4 is 43.0 Å². The first-order chi connectivity index (χ1) is 23.4. The number of nitrogens with one attached hydrogen (secondary N) is 1. The first kappa shape index (κ1) is 32.3. The van der Waals surface area contributed by atoms with Crippen LogP contribution in [0.5, 0.6) is 11.9 Å². The van der Waals surface area contributed by atoms with Gasteiger partial charge in [0.2, 0.25) is 11.6 Å². The minimum atomic E-state index is -5.08. The zero-order valence-corrected chi connectivity index (χ0v) is 27.0. The number of hydrogen-bond acceptors (Lipinski definition) is 8. The maximum atomic E-state index is 17.0. The van der Waals surface area contributed by atoms with E-state index in [0.29, 0.717) is 37.1 Å². The highest BCUT2D eigenvalue weighted by molar-refractivity contribution is 7.23. The molecule has 49 heavy (non-hydrogen) atoms. The molecule has 8 nitrogen and oxygen atoms in total. The number of nitrogens with two attached hydrogens (primary N) is 1. The molecular formula is C34H32F6N6O2S. The molecule has 4 aliphatic rings. The molecule has 5 heterocycles. The van der Waals surface area contributed by atoms with E-state index in [0.717, 1.165) is 50.6 Å². The van der Waals surface area contributed by atoms with Gasteiger partial charge in [0.15, 0.2) is 5.82 Å². The Labute approximate surface area is 281 Å². The largest absolute Gasteiger partial charge is 0.474 e. The van der Waals surface area contributed by atoms with Gasteiger partial charge in [-0.2, -0.15) is 23.1 Å². The molecule has 3 aliphatic heterocycles. The van der Waals surface area contributed by atoms with Crippen molar-refractivity contribution in [1.29, 1.82) is 0 Å². The van der Waals surface area contributed by atoms with Crippen molar-refractivity contribution in [3.63, 3.8) is 0 Å². The van der Waals surface area contributed by atoms with Crippen LogP contribution in [0.1, 0.15) is 50.5 Å². The number of benzene rings is 2. The van der Waals surface area contributed by atoms with Crippen LogP contribution in [0, 0.1) is 23.6 Å². The molecule has 4 fully saturated rings. The summed E-state index contributed by atoms with van der Waals surface area (Å²) >= 11 is 0.702. The third kappa shape index (κ3) is 5.34. The van der Waals surface area contributed by atoms with E-state index in [1.165, 1.54) is 0 Å². The third-order valence-electron chi connectivity index (χ3n) is 10.9. The average molecular weight is 703 g/mol. The SMILES string of the molecule is [C-]#[N+]c1c(N)sc2c(F)ccc(-c3c(C(F)(F)F)cc4c(OC5CCC6(CCNC6)C5)nc(OCC56CCCN5CC(F)C6)nc4c3F)c12. The van der Waals surface area contributed by atoms with Crippen LogP contribution >= 0.6 is 11.3 Å². The van der Waals surface area contributed by atoms with Gasteiger partial charge >= 0.3 is 12.2 Å². The second-order valence-corrected chi connectivity index (χ2v) is 14.9. The smallest absolute Gasteiger partial charge is 0.417 e. The van der Waals surface area contributed by atoms with Crippen LogP contribution in [0.25, 0.3) is 37.0 Å². The van der Waals surface area contributed by atoms with Crippen LogP contribution in [0.4, 0.5) is 37.0 Å². The van der Waals surface area contributed by atoms with E-state index < -0.39 is 46.2 Å². The van der Waals surface area contributed by atoms with Crippen molar-refractivity contribution < 1.29 is 35.8 Å². The fourth-order valence-corrected chi connectivity index (χ4v) is 9.50. The van der Waals surface area contributed by atoms with Gasteiger partial charge < -0.3 is 20.5 Å². The summed E-state index contributed by atoms with van der Waals surface area (Å²) in [5.74, 6) is -2.41. The molecule has 4 aromatic rings. The fraction of sp³-hybridized carbons (Fsp3) is 0.500. The van der Waals surface area contributed by atoms with Gasteiger partial charge in [0.05, 0.1) is 32.8 Å². The predicted molar refractivity (Wildman–Crippen MR) is 173 cm³/mol. The Morgan fingerprint density at radius 3 is 2.76 bits per heavy atom. The van der Waals surface area contributed by atoms with Gasteiger partial charge in [-0.25, -0.2) is 18.0 Å². The highest BCUT2D eigenvalue weighted by Gasteiger charge is 2.50. The number of nitrogens with zero attached hydrogens (tertiary/aromatic N) is 4. The highest BCUT2D eigenvalue weighted by atomic mass is 32.1. The number of fused-ring (bicyclic) bond motifs is 3. The molecule has 4 atom stereocenters. The summed E-state index contributed by atoms with van der Waals surface area (Å²) in [6, 6.07) is 2.38. The zero-order chi connectivity index (χ0) is 34.3. The van der Waals surface area contributed by atoms with Gasteiger partial charge in [-0.1, -0.05) is 6.07 Å². The van der Waals surface area contributed by atoms with Crippen LogP contribution in [0.15, 0.2) is 18.2 Å². The number of aromatic nitrogens is 2. The van der Waals surface area contributed by atoms with Gasteiger partial charge in [0.1, 0.15) is 30.2 Å². The summed E-state index contributed by atoms with van der Waals surface area (Å²) in [6.07, 6.45) is -1.61. The summed E-state index contributed by atoms with van der Waals surface area (Å²) in [7, 11) is 0. The number of halogens is 6. The molecule has 8 rings (SSSR count). The molecule has 1 saturated carbocycles. The molecule has 1 aliphatic carbocycles. The Balaban J connectivity index is 1.30. The Kier molecular flexibility index (Phi) is 7.66. The molecule has 2 aromatic heterocycles. The molecular weight excluding hydrogens is 670 g/mol. The summed E-state index contributed by atoms with van der Waals surface area (Å²) in [5, 5.41) is 2.75. The predicted octanol–water partition coefficient (Wildman–Crippen LogP) is 7.81. The quantitative estimate of drug-likeness (QED) is 0.157. The second kappa shape index (κ2) is 11.6. The normalized spacial score (nSPS) is 27.0. The lowest BCUT2D eigenvalue weighted by molar-refractivity contribution is -0.137. The lowest BCUT2D eigenvalue weighted by Gasteiger charge is -2.30. The minimum Gasteiger partial charge on any atom is -0.474 e. The van der Waals surface area contributed by atoms with Crippen molar-refractivity contribution in [3.05, 3.63) is 46.8 Å². The van der Waals surface area contributed by atoms with Crippen LogP contribution in [-0.2, 0) is 6.18 Å². The van der Waals surface area contributed by atoms with E-state index in [1.807, 2.05) is 4.90 Å². The average Bonchev–Trinajstić information content (AvgIpc) is 3.87. The van der Waals surface area contributed by atoms with Gasteiger partial charge in [-0.3, -0.25) is 4.90 Å². The Morgan fingerprint density at radius 1 is 1.16 bits per heavy atom. The van der Waals surface area contributed by atoms with Gasteiger partial charge in [0.25, 0.3) is 0 Å². The molecule has 4 unspecified atom stereocenters. The number of hydrogen-bond donors (Lipinski definition) is 2. The van der Waals surface area contributed by atoms with Crippen LogP contribution in [0.3, 0.4) is 0 Å². The minimum absolute atomic E-state index is 0.00676. The molecule has 3 N–H and O–H groups in total. The number of ether oxygens (including phenoxy) is 2. The molecule has 2 aromatic carbocycles.